The third-order valence-corrected chi connectivity index (χ3v) is 3.21. The number of halogens is 1. The van der Waals surface area contributed by atoms with Gasteiger partial charge < -0.3 is 4.79 Å². The first kappa shape index (κ1) is 8.94. The highest BCUT2D eigenvalue weighted by atomic mass is 79.9. The number of hydrogen-bond donors (Lipinski definition) is 0. The van der Waals surface area contributed by atoms with E-state index in [0.29, 0.717) is 0 Å². The summed E-state index contributed by atoms with van der Waals surface area (Å²) in [5.74, 6) is 0. The number of aromatic nitrogens is 2. The highest BCUT2D eigenvalue weighted by molar-refractivity contribution is 9.10. The van der Waals surface area contributed by atoms with Crippen molar-refractivity contribution < 1.29 is 4.79 Å². The highest BCUT2D eigenvalue weighted by Gasteiger charge is 2.43. The van der Waals surface area contributed by atoms with Crippen molar-refractivity contribution >= 4 is 22.2 Å². The lowest BCUT2D eigenvalue weighted by Crippen LogP contribution is -2.05. The third-order valence-electron chi connectivity index (χ3n) is 2.54. The van der Waals surface area contributed by atoms with E-state index in [-0.39, 0.29) is 5.41 Å². The molecular weight excluding hydrogens is 232 g/mol. The molecule has 1 saturated carbocycles. The lowest BCUT2D eigenvalue weighted by molar-refractivity contribution is -0.112. The summed E-state index contributed by atoms with van der Waals surface area (Å²) in [6.07, 6.45) is 5.93. The van der Waals surface area contributed by atoms with Crippen molar-refractivity contribution in [3.05, 3.63) is 16.4 Å². The second-order valence-electron chi connectivity index (χ2n) is 3.78. The van der Waals surface area contributed by atoms with Crippen LogP contribution in [0.2, 0.25) is 0 Å². The zero-order valence-electron chi connectivity index (χ0n) is 7.46. The number of hydrogen-bond acceptors (Lipinski definition) is 2. The molecule has 1 aliphatic carbocycles. The van der Waals surface area contributed by atoms with E-state index in [9.17, 15) is 4.79 Å². The van der Waals surface area contributed by atoms with Gasteiger partial charge in [0.05, 0.1) is 0 Å². The van der Waals surface area contributed by atoms with Crippen molar-refractivity contribution in [1.82, 2.24) is 9.78 Å². The number of carbonyl (C=O) groups is 1. The van der Waals surface area contributed by atoms with Crippen molar-refractivity contribution in [2.45, 2.75) is 19.3 Å². The summed E-state index contributed by atoms with van der Waals surface area (Å²) >= 11 is 3.38. The predicted octanol–water partition coefficient (Wildman–Crippen LogP) is 1.70. The minimum Gasteiger partial charge on any atom is -0.303 e. The molecule has 4 heteroatoms. The van der Waals surface area contributed by atoms with Gasteiger partial charge in [0.2, 0.25) is 0 Å². The van der Waals surface area contributed by atoms with Gasteiger partial charge in [-0.05, 0) is 35.2 Å². The molecule has 70 valence electrons. The summed E-state index contributed by atoms with van der Waals surface area (Å²) in [7, 11) is 1.88. The average molecular weight is 243 g/mol. The average Bonchev–Trinajstić information content (AvgIpc) is 2.77. The molecule has 0 spiro atoms. The van der Waals surface area contributed by atoms with E-state index < -0.39 is 0 Å². The van der Waals surface area contributed by atoms with E-state index in [2.05, 4.69) is 21.0 Å². The fourth-order valence-corrected chi connectivity index (χ4v) is 2.00. The van der Waals surface area contributed by atoms with Crippen molar-refractivity contribution in [3.63, 3.8) is 0 Å². The molecule has 0 N–H and O–H groups in total. The number of aldehydes is 1. The Morgan fingerprint density at radius 3 is 2.85 bits per heavy atom. The molecule has 0 aliphatic heterocycles. The maximum Gasteiger partial charge on any atom is 0.131 e. The Balaban J connectivity index is 2.18. The second kappa shape index (κ2) is 2.94. The van der Waals surface area contributed by atoms with Crippen molar-refractivity contribution in [3.8, 4) is 0 Å². The van der Waals surface area contributed by atoms with E-state index in [4.69, 9.17) is 0 Å². The van der Waals surface area contributed by atoms with Gasteiger partial charge in [0.25, 0.3) is 0 Å². The summed E-state index contributed by atoms with van der Waals surface area (Å²) in [5, 5.41) is 4.17. The maximum absolute atomic E-state index is 10.8. The first-order chi connectivity index (χ1) is 6.15. The summed E-state index contributed by atoms with van der Waals surface area (Å²) in [6.45, 7) is 0. The number of aryl methyl sites for hydroxylation is 1. The van der Waals surface area contributed by atoms with Crippen LogP contribution >= 0.6 is 15.9 Å². The molecule has 0 bridgehead atoms. The molecule has 1 fully saturated rings. The Kier molecular flexibility index (Phi) is 2.02. The van der Waals surface area contributed by atoms with Crippen molar-refractivity contribution in [1.29, 1.82) is 0 Å². The van der Waals surface area contributed by atoms with Crippen molar-refractivity contribution in [2.75, 3.05) is 0 Å². The minimum absolute atomic E-state index is 0.0639. The maximum atomic E-state index is 10.8. The highest BCUT2D eigenvalue weighted by Crippen LogP contribution is 2.46. The van der Waals surface area contributed by atoms with Crippen LogP contribution in [0.5, 0.6) is 0 Å². The van der Waals surface area contributed by atoms with Crippen LogP contribution in [0.25, 0.3) is 0 Å². The Morgan fingerprint density at radius 2 is 2.46 bits per heavy atom. The van der Waals surface area contributed by atoms with Gasteiger partial charge in [-0.2, -0.15) is 5.10 Å². The van der Waals surface area contributed by atoms with Gasteiger partial charge in [0.15, 0.2) is 0 Å². The van der Waals surface area contributed by atoms with Gasteiger partial charge in [-0.3, -0.25) is 4.68 Å². The van der Waals surface area contributed by atoms with Crippen LogP contribution in [0.3, 0.4) is 0 Å². The standard InChI is InChI=1S/C9H11BrN2O/c1-12-5-7(8(10)11-12)4-9(6-13)2-3-9/h5-6H,2-4H2,1H3. The van der Waals surface area contributed by atoms with Crippen LogP contribution in [-0.4, -0.2) is 16.1 Å². The van der Waals surface area contributed by atoms with E-state index >= 15 is 0 Å². The van der Waals surface area contributed by atoms with Crippen LogP contribution in [0.4, 0.5) is 0 Å². The molecule has 0 unspecified atom stereocenters. The summed E-state index contributed by atoms with van der Waals surface area (Å²) in [4.78, 5) is 10.8. The molecular formula is C9H11BrN2O. The molecule has 0 radical (unpaired) electrons. The number of carbonyl (C=O) groups excluding carboxylic acids is 1. The molecule has 0 aromatic carbocycles. The number of rotatable bonds is 3. The topological polar surface area (TPSA) is 34.9 Å². The van der Waals surface area contributed by atoms with Gasteiger partial charge in [0, 0.05) is 24.2 Å². The van der Waals surface area contributed by atoms with Crippen LogP contribution in [0.15, 0.2) is 10.8 Å². The molecule has 1 heterocycles. The molecule has 13 heavy (non-hydrogen) atoms. The molecule has 3 nitrogen and oxygen atoms in total. The zero-order valence-corrected chi connectivity index (χ0v) is 9.04. The molecule has 1 aliphatic rings. The monoisotopic (exact) mass is 242 g/mol. The minimum atomic E-state index is -0.0639. The first-order valence-electron chi connectivity index (χ1n) is 4.30. The fraction of sp³-hybridized carbons (Fsp3) is 0.556. The van der Waals surface area contributed by atoms with E-state index in [1.54, 1.807) is 4.68 Å². The summed E-state index contributed by atoms with van der Waals surface area (Å²) in [5.41, 5.74) is 1.07. The SMILES string of the molecule is Cn1cc(CC2(C=O)CC2)c(Br)n1. The number of nitrogens with zero attached hydrogens (tertiary/aromatic N) is 2. The Hall–Kier alpha value is -0.640. The van der Waals surface area contributed by atoms with Crippen molar-refractivity contribution in [2.24, 2.45) is 12.5 Å². The van der Waals surface area contributed by atoms with Gasteiger partial charge >= 0.3 is 0 Å². The molecule has 2 rings (SSSR count). The largest absolute Gasteiger partial charge is 0.303 e. The second-order valence-corrected chi connectivity index (χ2v) is 4.53. The van der Waals surface area contributed by atoms with E-state index in [1.165, 1.54) is 0 Å². The Labute approximate surface area is 85.3 Å². The summed E-state index contributed by atoms with van der Waals surface area (Å²) in [6, 6.07) is 0. The predicted molar refractivity (Wildman–Crippen MR) is 52.3 cm³/mol. The van der Waals surface area contributed by atoms with Gasteiger partial charge in [-0.15, -0.1) is 0 Å². The third kappa shape index (κ3) is 1.68. The molecule has 0 saturated heterocycles. The normalized spacial score (nSPS) is 18.6. The lowest BCUT2D eigenvalue weighted by Gasteiger charge is -2.03. The Bertz CT molecular complexity index is 341. The van der Waals surface area contributed by atoms with Gasteiger partial charge in [0.1, 0.15) is 10.9 Å². The quantitative estimate of drug-likeness (QED) is 0.757. The zero-order chi connectivity index (χ0) is 9.47. The van der Waals surface area contributed by atoms with E-state index in [0.717, 1.165) is 35.7 Å². The molecule has 0 atom stereocenters. The smallest absolute Gasteiger partial charge is 0.131 e. The Morgan fingerprint density at radius 1 is 1.77 bits per heavy atom. The van der Waals surface area contributed by atoms with Crippen LogP contribution in [0, 0.1) is 5.41 Å². The van der Waals surface area contributed by atoms with Gasteiger partial charge in [-0.1, -0.05) is 0 Å². The lowest BCUT2D eigenvalue weighted by atomic mass is 10.0. The first-order valence-corrected chi connectivity index (χ1v) is 5.09. The van der Waals surface area contributed by atoms with Crippen LogP contribution in [-0.2, 0) is 18.3 Å². The van der Waals surface area contributed by atoms with E-state index in [1.807, 2.05) is 13.2 Å². The van der Waals surface area contributed by atoms with Crippen LogP contribution in [0.1, 0.15) is 18.4 Å². The molecule has 1 aromatic heterocycles. The molecule has 1 aromatic rings. The summed E-state index contributed by atoms with van der Waals surface area (Å²) < 4.78 is 2.63. The van der Waals surface area contributed by atoms with Gasteiger partial charge in [-0.25, -0.2) is 0 Å². The fourth-order valence-electron chi connectivity index (χ4n) is 1.51. The molecule has 0 amide bonds. The van der Waals surface area contributed by atoms with Crippen LogP contribution < -0.4 is 0 Å².